The third-order valence-electron chi connectivity index (χ3n) is 5.13. The lowest BCUT2D eigenvalue weighted by Gasteiger charge is -2.26. The number of hydrogen-bond acceptors (Lipinski definition) is 7. The average Bonchev–Trinajstić information content (AvgIpc) is 3.01. The Morgan fingerprint density at radius 3 is 2.38 bits per heavy atom. The molecule has 1 N–H and O–H groups in total. The van der Waals surface area contributed by atoms with Crippen LogP contribution in [0.3, 0.4) is 0 Å². The predicted octanol–water partition coefficient (Wildman–Crippen LogP) is 2.60. The van der Waals surface area contributed by atoms with Crippen LogP contribution in [0, 0.1) is 0 Å². The molecule has 2 aromatic rings. The summed E-state index contributed by atoms with van der Waals surface area (Å²) in [5.41, 5.74) is 0.924. The van der Waals surface area contributed by atoms with Gasteiger partial charge >= 0.3 is 5.97 Å². The molecule has 1 aliphatic rings. The molecule has 2 aromatic carbocycles. The van der Waals surface area contributed by atoms with Crippen molar-refractivity contribution in [2.75, 3.05) is 34.3 Å². The summed E-state index contributed by atoms with van der Waals surface area (Å²) < 4.78 is 10.3. The summed E-state index contributed by atoms with van der Waals surface area (Å²) >= 11 is 0. The largest absolute Gasteiger partial charge is 0.507 e. The first-order valence-electron chi connectivity index (χ1n) is 10.1. The number of aliphatic hydroxyl groups is 1. The van der Waals surface area contributed by atoms with Crippen LogP contribution in [0.1, 0.15) is 24.1 Å². The minimum absolute atomic E-state index is 0.0149. The number of methoxy groups -OCH3 is 1. The maximum absolute atomic E-state index is 13.0. The van der Waals surface area contributed by atoms with Gasteiger partial charge in [-0.1, -0.05) is 12.1 Å². The van der Waals surface area contributed by atoms with Crippen molar-refractivity contribution < 1.29 is 29.0 Å². The number of esters is 1. The van der Waals surface area contributed by atoms with E-state index in [4.69, 9.17) is 9.47 Å². The highest BCUT2D eigenvalue weighted by molar-refractivity contribution is 6.46. The molecule has 3 rings (SSSR count). The zero-order valence-electron chi connectivity index (χ0n) is 18.5. The van der Waals surface area contributed by atoms with E-state index in [-0.39, 0.29) is 23.6 Å². The Balaban J connectivity index is 2.13. The number of likely N-dealkylation sites (tertiary alicyclic amines) is 1. The Hall–Kier alpha value is -3.65. The maximum Gasteiger partial charge on any atom is 0.308 e. The lowest BCUT2D eigenvalue weighted by atomic mass is 9.95. The Morgan fingerprint density at radius 1 is 1.09 bits per heavy atom. The fourth-order valence-electron chi connectivity index (χ4n) is 3.58. The van der Waals surface area contributed by atoms with Crippen molar-refractivity contribution in [1.82, 2.24) is 9.80 Å². The highest BCUT2D eigenvalue weighted by atomic mass is 16.5. The van der Waals surface area contributed by atoms with E-state index >= 15 is 0 Å². The second-order valence-corrected chi connectivity index (χ2v) is 7.69. The smallest absolute Gasteiger partial charge is 0.308 e. The summed E-state index contributed by atoms with van der Waals surface area (Å²) in [5, 5.41) is 11.1. The van der Waals surface area contributed by atoms with Gasteiger partial charge in [-0.25, -0.2) is 0 Å². The first-order valence-corrected chi connectivity index (χ1v) is 10.1. The second kappa shape index (κ2) is 9.65. The zero-order chi connectivity index (χ0) is 23.4. The molecular formula is C24H26N2O6. The fraction of sp³-hybridized carbons (Fsp3) is 0.292. The topological polar surface area (TPSA) is 96.4 Å². The number of rotatable bonds is 7. The standard InChI is InChI=1S/C24H26N2O6/c1-15(27)32-19-7-5-6-17(14-19)21-20(22(28)16-8-10-18(31-4)11-9-16)23(29)24(30)26(21)13-12-25(2)3/h5-11,14,21,28H,12-13H2,1-4H3/b22-20-. The van der Waals surface area contributed by atoms with E-state index in [1.165, 1.54) is 18.9 Å². The second-order valence-electron chi connectivity index (χ2n) is 7.69. The maximum atomic E-state index is 13.0. The van der Waals surface area contributed by atoms with E-state index in [9.17, 15) is 19.5 Å². The van der Waals surface area contributed by atoms with Gasteiger partial charge in [0.15, 0.2) is 0 Å². The molecule has 32 heavy (non-hydrogen) atoms. The van der Waals surface area contributed by atoms with Crippen molar-refractivity contribution in [3.8, 4) is 11.5 Å². The SMILES string of the molecule is COc1ccc(/C(O)=C2/C(=O)C(=O)N(CCN(C)C)C2c2cccc(OC(C)=O)c2)cc1. The van der Waals surface area contributed by atoms with Crippen LogP contribution in [-0.4, -0.2) is 66.9 Å². The van der Waals surface area contributed by atoms with Crippen LogP contribution in [0.15, 0.2) is 54.1 Å². The van der Waals surface area contributed by atoms with E-state index in [1.54, 1.807) is 48.5 Å². The van der Waals surface area contributed by atoms with Gasteiger partial charge in [0.1, 0.15) is 17.3 Å². The third-order valence-corrected chi connectivity index (χ3v) is 5.13. The van der Waals surface area contributed by atoms with Crippen LogP contribution < -0.4 is 9.47 Å². The quantitative estimate of drug-likeness (QED) is 0.233. The van der Waals surface area contributed by atoms with Gasteiger partial charge in [0.05, 0.1) is 18.7 Å². The molecule has 1 aliphatic heterocycles. The molecule has 1 fully saturated rings. The number of ketones is 1. The van der Waals surface area contributed by atoms with Crippen molar-refractivity contribution in [3.63, 3.8) is 0 Å². The molecule has 8 nitrogen and oxygen atoms in total. The van der Waals surface area contributed by atoms with Crippen LogP contribution in [-0.2, 0) is 14.4 Å². The highest BCUT2D eigenvalue weighted by Gasteiger charge is 2.46. The molecule has 1 unspecified atom stereocenters. The Kier molecular flexibility index (Phi) is 6.95. The molecule has 1 amide bonds. The van der Waals surface area contributed by atoms with Gasteiger partial charge in [0.25, 0.3) is 11.7 Å². The monoisotopic (exact) mass is 438 g/mol. The van der Waals surface area contributed by atoms with Crippen molar-refractivity contribution in [3.05, 3.63) is 65.2 Å². The number of likely N-dealkylation sites (N-methyl/N-ethyl adjacent to an activating group) is 1. The van der Waals surface area contributed by atoms with Crippen molar-refractivity contribution in [1.29, 1.82) is 0 Å². The van der Waals surface area contributed by atoms with Crippen LogP contribution >= 0.6 is 0 Å². The van der Waals surface area contributed by atoms with Gasteiger partial charge in [0, 0.05) is 25.6 Å². The van der Waals surface area contributed by atoms with Crippen molar-refractivity contribution in [2.24, 2.45) is 0 Å². The number of amides is 1. The Labute approximate surface area is 186 Å². The van der Waals surface area contributed by atoms with Gasteiger partial charge in [-0.15, -0.1) is 0 Å². The first-order chi connectivity index (χ1) is 15.2. The molecule has 0 spiro atoms. The van der Waals surface area contributed by atoms with E-state index < -0.39 is 23.7 Å². The molecule has 0 aromatic heterocycles. The number of carbonyl (C=O) groups is 3. The lowest BCUT2D eigenvalue weighted by Crippen LogP contribution is -2.35. The number of carbonyl (C=O) groups excluding carboxylic acids is 3. The van der Waals surface area contributed by atoms with Crippen LogP contribution in [0.25, 0.3) is 5.76 Å². The number of Topliss-reactive ketones (excluding diaryl/α,β-unsaturated/α-hetero) is 1. The van der Waals surface area contributed by atoms with Crippen LogP contribution in [0.2, 0.25) is 0 Å². The lowest BCUT2D eigenvalue weighted by molar-refractivity contribution is -0.140. The number of nitrogens with zero attached hydrogens (tertiary/aromatic N) is 2. The molecule has 168 valence electrons. The highest BCUT2D eigenvalue weighted by Crippen LogP contribution is 2.40. The van der Waals surface area contributed by atoms with Crippen molar-refractivity contribution >= 4 is 23.4 Å². The minimum atomic E-state index is -0.826. The van der Waals surface area contributed by atoms with Crippen molar-refractivity contribution in [2.45, 2.75) is 13.0 Å². The molecule has 0 bridgehead atoms. The zero-order valence-corrected chi connectivity index (χ0v) is 18.5. The van der Waals surface area contributed by atoms with Gasteiger partial charge in [-0.2, -0.15) is 0 Å². The van der Waals surface area contributed by atoms with E-state index in [2.05, 4.69) is 0 Å². The fourth-order valence-corrected chi connectivity index (χ4v) is 3.58. The molecule has 1 heterocycles. The molecular weight excluding hydrogens is 412 g/mol. The summed E-state index contributed by atoms with van der Waals surface area (Å²) in [4.78, 5) is 40.7. The van der Waals surface area contributed by atoms with Crippen LogP contribution in [0.5, 0.6) is 11.5 Å². The van der Waals surface area contributed by atoms with Gasteiger partial charge in [-0.3, -0.25) is 14.4 Å². The van der Waals surface area contributed by atoms with Gasteiger partial charge in [-0.05, 0) is 56.1 Å². The summed E-state index contributed by atoms with van der Waals surface area (Å²) in [7, 11) is 5.26. The molecule has 0 aliphatic carbocycles. The number of ether oxygens (including phenoxy) is 2. The molecule has 0 radical (unpaired) electrons. The van der Waals surface area contributed by atoms with E-state index in [0.29, 0.717) is 23.4 Å². The van der Waals surface area contributed by atoms with E-state index in [1.807, 2.05) is 19.0 Å². The first kappa shape index (κ1) is 23.0. The summed E-state index contributed by atoms with van der Waals surface area (Å²) in [6.07, 6.45) is 0. The summed E-state index contributed by atoms with van der Waals surface area (Å²) in [6, 6.07) is 12.3. The molecule has 0 saturated carbocycles. The molecule has 1 atom stereocenters. The van der Waals surface area contributed by atoms with Gasteiger partial charge < -0.3 is 24.4 Å². The average molecular weight is 438 g/mol. The Bertz CT molecular complexity index is 1060. The Morgan fingerprint density at radius 2 is 1.78 bits per heavy atom. The normalized spacial score (nSPS) is 17.7. The third kappa shape index (κ3) is 4.81. The van der Waals surface area contributed by atoms with E-state index in [0.717, 1.165) is 0 Å². The molecule has 8 heteroatoms. The van der Waals surface area contributed by atoms with Gasteiger partial charge in [0.2, 0.25) is 0 Å². The summed E-state index contributed by atoms with van der Waals surface area (Å²) in [6.45, 7) is 2.09. The number of benzene rings is 2. The number of aliphatic hydroxyl groups excluding tert-OH is 1. The molecule has 1 saturated heterocycles. The predicted molar refractivity (Wildman–Crippen MR) is 118 cm³/mol. The minimum Gasteiger partial charge on any atom is -0.507 e. The summed E-state index contributed by atoms with van der Waals surface area (Å²) in [5.74, 6) is -1.33. The van der Waals surface area contributed by atoms with Crippen LogP contribution in [0.4, 0.5) is 0 Å². The number of hydrogen-bond donors (Lipinski definition) is 1.